The topological polar surface area (TPSA) is 62.2 Å². The van der Waals surface area contributed by atoms with Gasteiger partial charge in [0.1, 0.15) is 0 Å². The quantitative estimate of drug-likeness (QED) is 0.822. The second kappa shape index (κ2) is 5.62. The van der Waals surface area contributed by atoms with Gasteiger partial charge in [0.05, 0.1) is 14.2 Å². The van der Waals surface area contributed by atoms with Crippen molar-refractivity contribution in [1.29, 1.82) is 0 Å². The van der Waals surface area contributed by atoms with Crippen molar-refractivity contribution in [2.75, 3.05) is 20.8 Å². The van der Waals surface area contributed by atoms with E-state index in [2.05, 4.69) is 17.9 Å². The molecular formula is C20H21NO4. The van der Waals surface area contributed by atoms with Crippen LogP contribution in [0.1, 0.15) is 29.2 Å². The third-order valence-corrected chi connectivity index (χ3v) is 5.18. The third-order valence-electron chi connectivity index (χ3n) is 5.18. The number of phenolic OH excluding ortho intramolecular Hbond substituents is 2. The van der Waals surface area contributed by atoms with Gasteiger partial charge in [0.2, 0.25) is 0 Å². The van der Waals surface area contributed by atoms with Gasteiger partial charge < -0.3 is 24.6 Å². The molecule has 2 N–H and O–H groups in total. The molecule has 0 fully saturated rings. The van der Waals surface area contributed by atoms with Crippen molar-refractivity contribution >= 4 is 11.3 Å². The lowest BCUT2D eigenvalue weighted by Crippen LogP contribution is -2.32. The van der Waals surface area contributed by atoms with E-state index in [1.807, 2.05) is 6.07 Å². The molecule has 0 aromatic heterocycles. The van der Waals surface area contributed by atoms with E-state index >= 15 is 0 Å². The Hall–Kier alpha value is -2.82. The average Bonchev–Trinajstić information content (AvgIpc) is 2.61. The number of phenols is 2. The highest BCUT2D eigenvalue weighted by molar-refractivity contribution is 5.94. The molecule has 0 aliphatic carbocycles. The minimum absolute atomic E-state index is 0.0620. The summed E-state index contributed by atoms with van der Waals surface area (Å²) in [5.41, 5.74) is 6.53. The summed E-state index contributed by atoms with van der Waals surface area (Å²) in [6.45, 7) is 3.67. The molecule has 25 heavy (non-hydrogen) atoms. The number of fused-ring (bicyclic) bond motifs is 4. The molecule has 0 saturated heterocycles. The highest BCUT2D eigenvalue weighted by Crippen LogP contribution is 2.47. The van der Waals surface area contributed by atoms with Crippen LogP contribution in [0.4, 0.5) is 0 Å². The molecule has 2 aromatic rings. The van der Waals surface area contributed by atoms with Gasteiger partial charge in [0.15, 0.2) is 23.0 Å². The van der Waals surface area contributed by atoms with E-state index in [1.165, 1.54) is 0 Å². The zero-order valence-electron chi connectivity index (χ0n) is 14.6. The van der Waals surface area contributed by atoms with Crippen molar-refractivity contribution < 1.29 is 19.7 Å². The van der Waals surface area contributed by atoms with Gasteiger partial charge in [0.25, 0.3) is 0 Å². The molecule has 130 valence electrons. The first-order chi connectivity index (χ1) is 12.0. The number of hydrogen-bond donors (Lipinski definition) is 2. The van der Waals surface area contributed by atoms with Gasteiger partial charge in [-0.05, 0) is 48.2 Å². The number of nitrogens with zero attached hydrogens (tertiary/aromatic N) is 1. The average molecular weight is 339 g/mol. The van der Waals surface area contributed by atoms with Crippen molar-refractivity contribution in [1.82, 2.24) is 4.90 Å². The summed E-state index contributed by atoms with van der Waals surface area (Å²) in [6, 6.07) is 7.33. The van der Waals surface area contributed by atoms with Crippen LogP contribution in [0.2, 0.25) is 0 Å². The Morgan fingerprint density at radius 2 is 1.76 bits per heavy atom. The molecule has 0 radical (unpaired) electrons. The Kier molecular flexibility index (Phi) is 3.53. The molecule has 5 nitrogen and oxygen atoms in total. The lowest BCUT2D eigenvalue weighted by atomic mass is 9.86. The number of ether oxygens (including phenoxy) is 2. The summed E-state index contributed by atoms with van der Waals surface area (Å²) < 4.78 is 11.1. The number of benzene rings is 2. The summed E-state index contributed by atoms with van der Waals surface area (Å²) >= 11 is 0. The maximum absolute atomic E-state index is 9.97. The fraction of sp³-hybridized carbons (Fsp3) is 0.300. The van der Waals surface area contributed by atoms with Crippen molar-refractivity contribution in [3.8, 4) is 23.0 Å². The van der Waals surface area contributed by atoms with Crippen LogP contribution in [0, 0.1) is 0 Å². The number of allylic oxidation sites excluding steroid dienone is 1. The normalized spacial score (nSPS) is 15.4. The highest BCUT2D eigenvalue weighted by atomic mass is 16.5. The molecular weight excluding hydrogens is 318 g/mol. The molecule has 0 spiro atoms. The second-order valence-electron chi connectivity index (χ2n) is 6.47. The minimum Gasteiger partial charge on any atom is -0.504 e. The second-order valence-corrected chi connectivity index (χ2v) is 6.47. The SMILES string of the molecule is COc1ccc2c(c1OC)CN1CCc3cc(O)c(O)cc3C1=C2C. The summed E-state index contributed by atoms with van der Waals surface area (Å²) in [5, 5.41) is 19.8. The van der Waals surface area contributed by atoms with Gasteiger partial charge in [-0.15, -0.1) is 0 Å². The molecule has 0 saturated carbocycles. The van der Waals surface area contributed by atoms with Gasteiger partial charge in [-0.1, -0.05) is 6.07 Å². The lowest BCUT2D eigenvalue weighted by Gasteiger charge is -2.39. The van der Waals surface area contributed by atoms with Crippen molar-refractivity contribution in [3.63, 3.8) is 0 Å². The molecule has 0 atom stereocenters. The van der Waals surface area contributed by atoms with E-state index in [0.717, 1.165) is 64.5 Å². The van der Waals surface area contributed by atoms with Crippen LogP contribution in [0.3, 0.4) is 0 Å². The summed E-state index contributed by atoms with van der Waals surface area (Å²) in [4.78, 5) is 2.30. The predicted octanol–water partition coefficient (Wildman–Crippen LogP) is 3.37. The monoisotopic (exact) mass is 339 g/mol. The summed E-state index contributed by atoms with van der Waals surface area (Å²) in [6.07, 6.45) is 0.821. The van der Waals surface area contributed by atoms with E-state index in [4.69, 9.17) is 9.47 Å². The van der Waals surface area contributed by atoms with Gasteiger partial charge >= 0.3 is 0 Å². The molecule has 0 unspecified atom stereocenters. The summed E-state index contributed by atoms with van der Waals surface area (Å²) in [5.74, 6) is 1.36. The Morgan fingerprint density at radius 3 is 2.48 bits per heavy atom. The largest absolute Gasteiger partial charge is 0.504 e. The first-order valence-electron chi connectivity index (χ1n) is 8.30. The predicted molar refractivity (Wildman–Crippen MR) is 95.9 cm³/mol. The van der Waals surface area contributed by atoms with E-state index in [9.17, 15) is 10.2 Å². The minimum atomic E-state index is -0.0843. The molecule has 2 aromatic carbocycles. The van der Waals surface area contributed by atoms with Crippen LogP contribution < -0.4 is 9.47 Å². The maximum Gasteiger partial charge on any atom is 0.166 e. The molecule has 2 aliphatic rings. The molecule has 4 rings (SSSR count). The van der Waals surface area contributed by atoms with Crippen molar-refractivity contribution in [2.45, 2.75) is 19.9 Å². The van der Waals surface area contributed by atoms with E-state index in [1.54, 1.807) is 26.4 Å². The molecule has 2 aliphatic heterocycles. The van der Waals surface area contributed by atoms with Crippen LogP contribution in [-0.4, -0.2) is 35.9 Å². The zero-order chi connectivity index (χ0) is 17.7. The first-order valence-corrected chi connectivity index (χ1v) is 8.30. The lowest BCUT2D eigenvalue weighted by molar-refractivity contribution is 0.333. The first kappa shape index (κ1) is 15.7. The molecule has 0 bridgehead atoms. The standard InChI is InChI=1S/C20H21NO4/c1-11-13-4-5-18(24-2)20(25-3)15(13)10-21-7-6-12-8-16(22)17(23)9-14(12)19(11)21/h4-5,8-9,22-23H,6-7,10H2,1-3H3. The highest BCUT2D eigenvalue weighted by Gasteiger charge is 2.31. The molecule has 5 heteroatoms. The number of aromatic hydroxyl groups is 2. The van der Waals surface area contributed by atoms with Crippen molar-refractivity contribution in [3.05, 3.63) is 46.5 Å². The van der Waals surface area contributed by atoms with Crippen LogP contribution in [0.5, 0.6) is 23.0 Å². The Labute approximate surface area is 146 Å². The Bertz CT molecular complexity index is 901. The fourth-order valence-corrected chi connectivity index (χ4v) is 4.00. The Morgan fingerprint density at radius 1 is 1.00 bits per heavy atom. The number of rotatable bonds is 2. The number of hydrogen-bond acceptors (Lipinski definition) is 5. The van der Waals surface area contributed by atoms with E-state index in [-0.39, 0.29) is 11.5 Å². The van der Waals surface area contributed by atoms with E-state index < -0.39 is 0 Å². The van der Waals surface area contributed by atoms with Crippen molar-refractivity contribution in [2.24, 2.45) is 0 Å². The van der Waals surface area contributed by atoms with E-state index in [0.29, 0.717) is 0 Å². The summed E-state index contributed by atoms with van der Waals surface area (Å²) in [7, 11) is 3.31. The smallest absolute Gasteiger partial charge is 0.166 e. The fourth-order valence-electron chi connectivity index (χ4n) is 4.00. The van der Waals surface area contributed by atoms with Crippen LogP contribution >= 0.6 is 0 Å². The molecule has 0 amide bonds. The number of methoxy groups -OCH3 is 2. The molecule has 2 heterocycles. The van der Waals surface area contributed by atoms with Gasteiger partial charge in [-0.2, -0.15) is 0 Å². The van der Waals surface area contributed by atoms with Crippen LogP contribution in [0.15, 0.2) is 24.3 Å². The van der Waals surface area contributed by atoms with Gasteiger partial charge in [-0.3, -0.25) is 0 Å². The van der Waals surface area contributed by atoms with Crippen LogP contribution in [0.25, 0.3) is 11.3 Å². The van der Waals surface area contributed by atoms with Gasteiger partial charge in [0, 0.05) is 29.9 Å². The maximum atomic E-state index is 9.97. The Balaban J connectivity index is 1.95. The zero-order valence-corrected chi connectivity index (χ0v) is 14.6. The van der Waals surface area contributed by atoms with Gasteiger partial charge in [-0.25, -0.2) is 0 Å². The van der Waals surface area contributed by atoms with Crippen LogP contribution in [-0.2, 0) is 13.0 Å². The third kappa shape index (κ3) is 2.22.